The van der Waals surface area contributed by atoms with Crippen molar-refractivity contribution in [1.82, 2.24) is 9.80 Å². The topological polar surface area (TPSA) is 57.7 Å². The number of rotatable bonds is 4. The Morgan fingerprint density at radius 3 is 2.35 bits per heavy atom. The van der Waals surface area contributed by atoms with Gasteiger partial charge in [0.05, 0.1) is 21.0 Å². The number of halogens is 1. The van der Waals surface area contributed by atoms with Crippen LogP contribution in [0.1, 0.15) is 30.4 Å². The molecule has 0 aliphatic carbocycles. The fraction of sp³-hybridized carbons (Fsp3) is 0.188. The molecule has 0 fully saturated rings. The molecule has 3 amide bonds. The van der Waals surface area contributed by atoms with Crippen molar-refractivity contribution in [1.29, 1.82) is 0 Å². The van der Waals surface area contributed by atoms with E-state index in [9.17, 15) is 14.4 Å². The van der Waals surface area contributed by atoms with Gasteiger partial charge in [-0.2, -0.15) is 0 Å². The van der Waals surface area contributed by atoms with E-state index in [2.05, 4.69) is 0 Å². The van der Waals surface area contributed by atoms with Gasteiger partial charge in [0.1, 0.15) is 0 Å². The first-order valence-electron chi connectivity index (χ1n) is 6.94. The standard InChI is InChI=1S/C16H13ClN2O3S/c1-18(16(22)13-8-10(17)9-23-13)6-7-19-14(20)11-4-2-3-5-12(11)15(19)21/h2-5,8-9H,6-7H2,1H3. The zero-order chi connectivity index (χ0) is 16.6. The van der Waals surface area contributed by atoms with E-state index in [1.807, 2.05) is 0 Å². The summed E-state index contributed by atoms with van der Waals surface area (Å²) in [7, 11) is 1.63. The molecule has 23 heavy (non-hydrogen) atoms. The van der Waals surface area contributed by atoms with E-state index in [1.165, 1.54) is 21.1 Å². The van der Waals surface area contributed by atoms with Crippen LogP contribution in [0.5, 0.6) is 0 Å². The van der Waals surface area contributed by atoms with Crippen LogP contribution in [-0.2, 0) is 0 Å². The molecule has 2 heterocycles. The first kappa shape index (κ1) is 15.7. The lowest BCUT2D eigenvalue weighted by molar-refractivity contribution is 0.0615. The number of fused-ring (bicyclic) bond motifs is 1. The van der Waals surface area contributed by atoms with Crippen molar-refractivity contribution < 1.29 is 14.4 Å². The van der Waals surface area contributed by atoms with Crippen LogP contribution in [0, 0.1) is 0 Å². The molecular formula is C16H13ClN2O3S. The second-order valence-corrected chi connectivity index (χ2v) is 6.51. The van der Waals surface area contributed by atoms with Crippen LogP contribution in [0.15, 0.2) is 35.7 Å². The van der Waals surface area contributed by atoms with Crippen LogP contribution in [0.4, 0.5) is 0 Å². The average molecular weight is 349 g/mol. The minimum Gasteiger partial charge on any atom is -0.339 e. The van der Waals surface area contributed by atoms with Crippen molar-refractivity contribution >= 4 is 40.7 Å². The lowest BCUT2D eigenvalue weighted by atomic mass is 10.1. The molecule has 1 aromatic heterocycles. The average Bonchev–Trinajstić information content (AvgIpc) is 3.08. The molecule has 5 nitrogen and oxygen atoms in total. The zero-order valence-electron chi connectivity index (χ0n) is 12.3. The molecule has 0 radical (unpaired) electrons. The monoisotopic (exact) mass is 348 g/mol. The molecule has 0 saturated carbocycles. The van der Waals surface area contributed by atoms with Crippen LogP contribution >= 0.6 is 22.9 Å². The summed E-state index contributed by atoms with van der Waals surface area (Å²) in [5.41, 5.74) is 0.827. The Morgan fingerprint density at radius 1 is 1.22 bits per heavy atom. The fourth-order valence-corrected chi connectivity index (χ4v) is 3.47. The number of thiophene rings is 1. The van der Waals surface area contributed by atoms with E-state index in [-0.39, 0.29) is 30.8 Å². The lowest BCUT2D eigenvalue weighted by Crippen LogP contribution is -2.38. The van der Waals surface area contributed by atoms with Crippen molar-refractivity contribution in [2.24, 2.45) is 0 Å². The normalized spacial score (nSPS) is 13.4. The number of imide groups is 1. The Kier molecular flexibility index (Phi) is 4.19. The van der Waals surface area contributed by atoms with Crippen LogP contribution in [-0.4, -0.2) is 47.7 Å². The van der Waals surface area contributed by atoms with Gasteiger partial charge in [-0.1, -0.05) is 23.7 Å². The van der Waals surface area contributed by atoms with Gasteiger partial charge in [0.15, 0.2) is 0 Å². The molecule has 0 N–H and O–H groups in total. The van der Waals surface area contributed by atoms with E-state index in [4.69, 9.17) is 11.6 Å². The molecule has 1 aliphatic rings. The van der Waals surface area contributed by atoms with Crippen LogP contribution < -0.4 is 0 Å². The van der Waals surface area contributed by atoms with Gasteiger partial charge >= 0.3 is 0 Å². The van der Waals surface area contributed by atoms with Crippen molar-refractivity contribution in [3.05, 3.63) is 56.7 Å². The zero-order valence-corrected chi connectivity index (χ0v) is 13.9. The van der Waals surface area contributed by atoms with Crippen LogP contribution in [0.2, 0.25) is 5.02 Å². The molecule has 118 valence electrons. The third kappa shape index (κ3) is 2.87. The van der Waals surface area contributed by atoms with Gasteiger partial charge in [-0.25, -0.2) is 0 Å². The predicted molar refractivity (Wildman–Crippen MR) is 88.1 cm³/mol. The number of benzene rings is 1. The molecule has 0 spiro atoms. The van der Waals surface area contributed by atoms with Gasteiger partial charge in [0, 0.05) is 25.5 Å². The van der Waals surface area contributed by atoms with Gasteiger partial charge in [-0.15, -0.1) is 11.3 Å². The largest absolute Gasteiger partial charge is 0.339 e. The van der Waals surface area contributed by atoms with Crippen molar-refractivity contribution in [3.8, 4) is 0 Å². The fourth-order valence-electron chi connectivity index (χ4n) is 2.41. The summed E-state index contributed by atoms with van der Waals surface area (Å²) in [6, 6.07) is 8.33. The number of carbonyl (C=O) groups is 3. The highest BCUT2D eigenvalue weighted by atomic mass is 35.5. The molecule has 1 aromatic carbocycles. The summed E-state index contributed by atoms with van der Waals surface area (Å²) in [5, 5.41) is 2.21. The minimum absolute atomic E-state index is 0.160. The SMILES string of the molecule is CN(CCN1C(=O)c2ccccc2C1=O)C(=O)c1cc(Cl)cs1. The van der Waals surface area contributed by atoms with Crippen molar-refractivity contribution in [2.75, 3.05) is 20.1 Å². The predicted octanol–water partition coefficient (Wildman–Crippen LogP) is 2.77. The van der Waals surface area contributed by atoms with Gasteiger partial charge in [0.2, 0.25) is 0 Å². The Morgan fingerprint density at radius 2 is 1.83 bits per heavy atom. The smallest absolute Gasteiger partial charge is 0.263 e. The first-order chi connectivity index (χ1) is 11.0. The third-order valence-electron chi connectivity index (χ3n) is 3.66. The second-order valence-electron chi connectivity index (χ2n) is 5.16. The van der Waals surface area contributed by atoms with E-state index in [0.717, 1.165) is 0 Å². The summed E-state index contributed by atoms with van der Waals surface area (Å²) in [4.78, 5) is 39.9. The maximum atomic E-state index is 12.2. The van der Waals surface area contributed by atoms with Crippen molar-refractivity contribution in [2.45, 2.75) is 0 Å². The maximum Gasteiger partial charge on any atom is 0.263 e. The van der Waals surface area contributed by atoms with Gasteiger partial charge < -0.3 is 4.90 Å². The van der Waals surface area contributed by atoms with E-state index >= 15 is 0 Å². The maximum absolute atomic E-state index is 12.2. The number of carbonyl (C=O) groups excluding carboxylic acids is 3. The number of hydrogen-bond donors (Lipinski definition) is 0. The Labute approximate surface area is 142 Å². The van der Waals surface area contributed by atoms with Gasteiger partial charge in [0.25, 0.3) is 17.7 Å². The molecule has 3 rings (SSSR count). The summed E-state index contributed by atoms with van der Waals surface area (Å²) in [5.74, 6) is -0.810. The first-order valence-corrected chi connectivity index (χ1v) is 8.19. The molecule has 1 aliphatic heterocycles. The molecule has 0 atom stereocenters. The lowest BCUT2D eigenvalue weighted by Gasteiger charge is -2.20. The minimum atomic E-state index is -0.314. The van der Waals surface area contributed by atoms with E-state index in [1.54, 1.807) is 42.8 Å². The molecule has 0 saturated heterocycles. The number of amides is 3. The van der Waals surface area contributed by atoms with Crippen LogP contribution in [0.3, 0.4) is 0 Å². The molecule has 0 unspecified atom stereocenters. The van der Waals surface area contributed by atoms with E-state index < -0.39 is 0 Å². The summed E-state index contributed by atoms with van der Waals surface area (Å²) < 4.78 is 0. The Bertz CT molecular complexity index is 767. The van der Waals surface area contributed by atoms with Gasteiger partial charge in [-0.3, -0.25) is 19.3 Å². The number of nitrogens with zero attached hydrogens (tertiary/aromatic N) is 2. The highest BCUT2D eigenvalue weighted by Gasteiger charge is 2.35. The molecule has 7 heteroatoms. The quantitative estimate of drug-likeness (QED) is 0.798. The summed E-state index contributed by atoms with van der Waals surface area (Å²) >= 11 is 7.09. The second kappa shape index (κ2) is 6.14. The van der Waals surface area contributed by atoms with Crippen molar-refractivity contribution in [3.63, 3.8) is 0 Å². The Hall–Kier alpha value is -2.18. The van der Waals surface area contributed by atoms with Gasteiger partial charge in [-0.05, 0) is 18.2 Å². The van der Waals surface area contributed by atoms with E-state index in [0.29, 0.717) is 21.0 Å². The van der Waals surface area contributed by atoms with Crippen LogP contribution in [0.25, 0.3) is 0 Å². The summed E-state index contributed by atoms with van der Waals surface area (Å²) in [6.45, 7) is 0.424. The number of likely N-dealkylation sites (N-methyl/N-ethyl adjacent to an activating group) is 1. The number of hydrogen-bond acceptors (Lipinski definition) is 4. The molecule has 0 bridgehead atoms. The Balaban J connectivity index is 1.66. The highest BCUT2D eigenvalue weighted by Crippen LogP contribution is 2.23. The molecular weight excluding hydrogens is 336 g/mol. The summed E-state index contributed by atoms with van der Waals surface area (Å²) in [6.07, 6.45) is 0. The molecule has 2 aromatic rings. The highest BCUT2D eigenvalue weighted by molar-refractivity contribution is 7.12. The third-order valence-corrected chi connectivity index (χ3v) is 4.93.